The lowest BCUT2D eigenvalue weighted by Crippen LogP contribution is -2.16. The Bertz CT molecular complexity index is 651. The quantitative estimate of drug-likeness (QED) is 0.683. The monoisotopic (exact) mass is 303 g/mol. The number of nitrogens with zero attached hydrogens (tertiary/aromatic N) is 1. The largest absolute Gasteiger partial charge is 0.350 e. The van der Waals surface area contributed by atoms with Crippen LogP contribution in [0.2, 0.25) is 5.02 Å². The standard InChI is InChI=1S/C18H22ClNO/c1-20-12-16(15-10-9-14(19)11-17(15)20)18(21)13-7-5-3-2-4-6-8-13/h9-13H,2-8H2,1H3. The summed E-state index contributed by atoms with van der Waals surface area (Å²) in [7, 11) is 1.98. The molecule has 0 aliphatic heterocycles. The molecule has 1 aromatic carbocycles. The van der Waals surface area contributed by atoms with Gasteiger partial charge in [0.05, 0.1) is 0 Å². The Morgan fingerprint density at radius 3 is 2.52 bits per heavy atom. The van der Waals surface area contributed by atoms with Crippen LogP contribution in [0.15, 0.2) is 24.4 Å². The van der Waals surface area contributed by atoms with Gasteiger partial charge in [0.1, 0.15) is 0 Å². The minimum absolute atomic E-state index is 0.201. The van der Waals surface area contributed by atoms with Gasteiger partial charge in [0.25, 0.3) is 0 Å². The maximum absolute atomic E-state index is 12.9. The second-order valence-electron chi connectivity index (χ2n) is 6.22. The molecule has 0 saturated heterocycles. The number of hydrogen-bond donors (Lipinski definition) is 0. The average Bonchev–Trinajstić information content (AvgIpc) is 2.75. The molecule has 21 heavy (non-hydrogen) atoms. The van der Waals surface area contributed by atoms with Gasteiger partial charge >= 0.3 is 0 Å². The second-order valence-corrected chi connectivity index (χ2v) is 6.66. The van der Waals surface area contributed by atoms with Crippen molar-refractivity contribution in [1.82, 2.24) is 4.57 Å². The van der Waals surface area contributed by atoms with Crippen molar-refractivity contribution >= 4 is 28.3 Å². The summed E-state index contributed by atoms with van der Waals surface area (Å²) in [5.74, 6) is 0.524. The summed E-state index contributed by atoms with van der Waals surface area (Å²) in [6.07, 6.45) is 10.3. The molecule has 0 N–H and O–H groups in total. The zero-order valence-corrected chi connectivity index (χ0v) is 13.3. The molecule has 2 nitrogen and oxygen atoms in total. The van der Waals surface area contributed by atoms with Gasteiger partial charge in [-0.1, -0.05) is 49.8 Å². The van der Waals surface area contributed by atoms with Gasteiger partial charge in [-0.15, -0.1) is 0 Å². The summed E-state index contributed by atoms with van der Waals surface area (Å²) in [4.78, 5) is 12.9. The van der Waals surface area contributed by atoms with E-state index in [1.165, 1.54) is 32.1 Å². The maximum atomic E-state index is 12.9. The van der Waals surface area contributed by atoms with Gasteiger partial charge in [-0.05, 0) is 25.0 Å². The molecule has 0 spiro atoms. The van der Waals surface area contributed by atoms with Crippen molar-refractivity contribution < 1.29 is 4.79 Å². The van der Waals surface area contributed by atoms with Gasteiger partial charge in [-0.25, -0.2) is 0 Å². The number of hydrogen-bond acceptors (Lipinski definition) is 1. The van der Waals surface area contributed by atoms with E-state index in [1.54, 1.807) is 0 Å². The molecule has 3 heteroatoms. The minimum Gasteiger partial charge on any atom is -0.350 e. The van der Waals surface area contributed by atoms with Gasteiger partial charge in [0, 0.05) is 40.7 Å². The van der Waals surface area contributed by atoms with Crippen LogP contribution >= 0.6 is 11.6 Å². The van der Waals surface area contributed by atoms with Crippen LogP contribution in [0.1, 0.15) is 55.3 Å². The Kier molecular flexibility index (Phi) is 4.34. The van der Waals surface area contributed by atoms with Crippen molar-refractivity contribution in [3.63, 3.8) is 0 Å². The third-order valence-corrected chi connectivity index (χ3v) is 4.93. The first-order chi connectivity index (χ1) is 10.2. The molecule has 0 bridgehead atoms. The number of halogens is 1. The highest BCUT2D eigenvalue weighted by atomic mass is 35.5. The van der Waals surface area contributed by atoms with Crippen molar-refractivity contribution in [3.05, 3.63) is 35.0 Å². The third-order valence-electron chi connectivity index (χ3n) is 4.69. The zero-order valence-electron chi connectivity index (χ0n) is 12.6. The highest BCUT2D eigenvalue weighted by Crippen LogP contribution is 2.30. The topological polar surface area (TPSA) is 22.0 Å². The molecule has 112 valence electrons. The summed E-state index contributed by atoms with van der Waals surface area (Å²) < 4.78 is 2.01. The number of carbonyl (C=O) groups excluding carboxylic acids is 1. The van der Waals surface area contributed by atoms with E-state index in [0.717, 1.165) is 29.3 Å². The van der Waals surface area contributed by atoms with Gasteiger partial charge in [-0.3, -0.25) is 4.79 Å². The Balaban J connectivity index is 1.93. The molecule has 1 aliphatic rings. The number of aromatic nitrogens is 1. The fourth-order valence-electron chi connectivity index (χ4n) is 3.49. The number of rotatable bonds is 2. The SMILES string of the molecule is Cn1cc(C(=O)C2CCCCCCC2)c2ccc(Cl)cc21. The number of carbonyl (C=O) groups is 1. The highest BCUT2D eigenvalue weighted by molar-refractivity contribution is 6.31. The van der Waals surface area contributed by atoms with Crippen LogP contribution in [-0.4, -0.2) is 10.4 Å². The molecular formula is C18H22ClNO. The first-order valence-corrected chi connectivity index (χ1v) is 8.33. The van der Waals surface area contributed by atoms with Crippen molar-refractivity contribution in [2.45, 2.75) is 44.9 Å². The van der Waals surface area contributed by atoms with Crippen molar-refractivity contribution in [2.24, 2.45) is 13.0 Å². The van der Waals surface area contributed by atoms with Crippen molar-refractivity contribution in [3.8, 4) is 0 Å². The molecule has 0 radical (unpaired) electrons. The molecule has 3 rings (SSSR count). The van der Waals surface area contributed by atoms with E-state index < -0.39 is 0 Å². The van der Waals surface area contributed by atoms with Gasteiger partial charge in [0.15, 0.2) is 5.78 Å². The van der Waals surface area contributed by atoms with E-state index in [0.29, 0.717) is 10.8 Å². The Labute approximate surface area is 131 Å². The van der Waals surface area contributed by atoms with E-state index in [2.05, 4.69) is 0 Å². The van der Waals surface area contributed by atoms with Crippen LogP contribution < -0.4 is 0 Å². The molecule has 2 aromatic rings. The second kappa shape index (κ2) is 6.23. The van der Waals surface area contributed by atoms with E-state index in [1.807, 2.05) is 36.0 Å². The molecule has 0 unspecified atom stereocenters. The lowest BCUT2D eigenvalue weighted by Gasteiger charge is -2.18. The summed E-state index contributed by atoms with van der Waals surface area (Å²) in [6, 6.07) is 5.79. The average molecular weight is 304 g/mol. The number of benzene rings is 1. The molecule has 1 saturated carbocycles. The van der Waals surface area contributed by atoms with Crippen LogP contribution in [0.25, 0.3) is 10.9 Å². The third kappa shape index (κ3) is 3.01. The molecule has 0 amide bonds. The number of Topliss-reactive ketones (excluding diaryl/α,β-unsaturated/α-hetero) is 1. The summed E-state index contributed by atoms with van der Waals surface area (Å²) >= 11 is 6.07. The molecule has 0 atom stereocenters. The van der Waals surface area contributed by atoms with E-state index in [4.69, 9.17) is 11.6 Å². The highest BCUT2D eigenvalue weighted by Gasteiger charge is 2.23. The summed E-state index contributed by atoms with van der Waals surface area (Å²) in [6.45, 7) is 0. The Morgan fingerprint density at radius 1 is 1.14 bits per heavy atom. The number of aryl methyl sites for hydroxylation is 1. The predicted molar refractivity (Wildman–Crippen MR) is 88.1 cm³/mol. The maximum Gasteiger partial charge on any atom is 0.168 e. The van der Waals surface area contributed by atoms with E-state index in [-0.39, 0.29) is 5.92 Å². The number of fused-ring (bicyclic) bond motifs is 1. The first kappa shape index (κ1) is 14.6. The lowest BCUT2D eigenvalue weighted by atomic mass is 9.85. The molecule has 1 aromatic heterocycles. The normalized spacial score (nSPS) is 17.6. The van der Waals surface area contributed by atoms with Crippen LogP contribution in [0.3, 0.4) is 0 Å². The summed E-state index contributed by atoms with van der Waals surface area (Å²) in [5, 5.41) is 1.75. The Morgan fingerprint density at radius 2 is 1.81 bits per heavy atom. The van der Waals surface area contributed by atoms with Crippen molar-refractivity contribution in [1.29, 1.82) is 0 Å². The van der Waals surface area contributed by atoms with Crippen LogP contribution in [0.5, 0.6) is 0 Å². The van der Waals surface area contributed by atoms with Gasteiger partial charge < -0.3 is 4.57 Å². The minimum atomic E-state index is 0.201. The van der Waals surface area contributed by atoms with Gasteiger partial charge in [-0.2, -0.15) is 0 Å². The Hall–Kier alpha value is -1.28. The predicted octanol–water partition coefficient (Wildman–Crippen LogP) is 5.37. The molecule has 1 fully saturated rings. The first-order valence-electron chi connectivity index (χ1n) is 7.95. The summed E-state index contributed by atoms with van der Waals surface area (Å²) in [5.41, 5.74) is 1.91. The molecule has 1 heterocycles. The fraction of sp³-hybridized carbons (Fsp3) is 0.500. The van der Waals surface area contributed by atoms with Crippen LogP contribution in [0.4, 0.5) is 0 Å². The zero-order chi connectivity index (χ0) is 14.8. The lowest BCUT2D eigenvalue weighted by molar-refractivity contribution is 0.0900. The van der Waals surface area contributed by atoms with Crippen LogP contribution in [0, 0.1) is 5.92 Å². The molecule has 1 aliphatic carbocycles. The van der Waals surface area contributed by atoms with Crippen molar-refractivity contribution in [2.75, 3.05) is 0 Å². The smallest absolute Gasteiger partial charge is 0.168 e. The molecular weight excluding hydrogens is 282 g/mol. The van der Waals surface area contributed by atoms with E-state index in [9.17, 15) is 4.79 Å². The van der Waals surface area contributed by atoms with Gasteiger partial charge in [0.2, 0.25) is 0 Å². The van der Waals surface area contributed by atoms with Crippen LogP contribution in [-0.2, 0) is 7.05 Å². The number of ketones is 1. The fourth-order valence-corrected chi connectivity index (χ4v) is 3.66. The van der Waals surface area contributed by atoms with E-state index >= 15 is 0 Å².